The lowest BCUT2D eigenvalue weighted by Gasteiger charge is -2.41. The summed E-state index contributed by atoms with van der Waals surface area (Å²) in [6, 6.07) is 8.15. The average Bonchev–Trinajstić information content (AvgIpc) is 2.55. The molecule has 0 saturated heterocycles. The third-order valence-electron chi connectivity index (χ3n) is 6.23. The quantitative estimate of drug-likeness (QED) is 0.568. The first-order valence-electron chi connectivity index (χ1n) is 8.99. The van der Waals surface area contributed by atoms with Crippen molar-refractivity contribution in [3.63, 3.8) is 0 Å². The Morgan fingerprint density at radius 3 is 2.52 bits per heavy atom. The van der Waals surface area contributed by atoms with Gasteiger partial charge < -0.3 is 0 Å². The van der Waals surface area contributed by atoms with E-state index in [1.165, 1.54) is 50.7 Å². The van der Waals surface area contributed by atoms with Gasteiger partial charge in [0.25, 0.3) is 0 Å². The lowest BCUT2D eigenvalue weighted by atomic mass is 9.64. The van der Waals surface area contributed by atoms with E-state index in [2.05, 4.69) is 13.0 Å². The van der Waals surface area contributed by atoms with Crippen molar-refractivity contribution in [1.82, 2.24) is 0 Å². The van der Waals surface area contributed by atoms with Gasteiger partial charge in [-0.2, -0.15) is 0 Å². The molecule has 4 atom stereocenters. The second-order valence-corrected chi connectivity index (χ2v) is 7.82. The molecule has 2 aromatic carbocycles. The first-order valence-corrected chi connectivity index (χ1v) is 8.99. The van der Waals surface area contributed by atoms with Gasteiger partial charge in [-0.25, -0.2) is 8.78 Å². The number of halogens is 2. The number of hydrogen-bond donors (Lipinski definition) is 0. The molecule has 0 amide bonds. The van der Waals surface area contributed by atoms with Crippen LogP contribution in [-0.2, 0) is 0 Å². The van der Waals surface area contributed by atoms with Gasteiger partial charge in [0.15, 0.2) is 0 Å². The average molecular weight is 314 g/mol. The summed E-state index contributed by atoms with van der Waals surface area (Å²) in [7, 11) is 0. The molecule has 0 aromatic heterocycles. The molecule has 4 unspecified atom stereocenters. The molecule has 23 heavy (non-hydrogen) atoms. The van der Waals surface area contributed by atoms with Gasteiger partial charge >= 0.3 is 0 Å². The molecule has 0 spiro atoms. The van der Waals surface area contributed by atoms with Gasteiger partial charge in [0.05, 0.1) is 0 Å². The van der Waals surface area contributed by atoms with Crippen LogP contribution in [0.2, 0.25) is 0 Å². The standard InChI is InChI=1S/C21H24F2/c1-13-2-3-15-9-16(5-4-14(15)8-13)18-10-17-6-7-19(22)12-20(17)21(23)11-18/h6-7,10-16H,2-5,8-9H2,1H3. The minimum atomic E-state index is -0.374. The van der Waals surface area contributed by atoms with Gasteiger partial charge in [0, 0.05) is 5.39 Å². The molecule has 2 heteroatoms. The Hall–Kier alpha value is -1.44. The van der Waals surface area contributed by atoms with Crippen molar-refractivity contribution >= 4 is 10.8 Å². The van der Waals surface area contributed by atoms with Crippen molar-refractivity contribution < 1.29 is 8.78 Å². The summed E-state index contributed by atoms with van der Waals surface area (Å²) in [6.07, 6.45) is 7.71. The second kappa shape index (κ2) is 5.89. The van der Waals surface area contributed by atoms with Gasteiger partial charge in [0.2, 0.25) is 0 Å². The Kier molecular flexibility index (Phi) is 3.87. The van der Waals surface area contributed by atoms with E-state index in [9.17, 15) is 8.78 Å². The van der Waals surface area contributed by atoms with E-state index in [0.29, 0.717) is 11.3 Å². The predicted octanol–water partition coefficient (Wildman–Crippen LogP) is 6.44. The molecule has 0 nitrogen and oxygen atoms in total. The smallest absolute Gasteiger partial charge is 0.131 e. The van der Waals surface area contributed by atoms with Crippen LogP contribution in [0.5, 0.6) is 0 Å². The van der Waals surface area contributed by atoms with Crippen molar-refractivity contribution in [1.29, 1.82) is 0 Å². The highest BCUT2D eigenvalue weighted by atomic mass is 19.1. The third kappa shape index (κ3) is 2.88. The largest absolute Gasteiger partial charge is 0.207 e. The van der Waals surface area contributed by atoms with Gasteiger partial charge in [-0.15, -0.1) is 0 Å². The minimum Gasteiger partial charge on any atom is -0.207 e. The number of hydrogen-bond acceptors (Lipinski definition) is 0. The summed E-state index contributed by atoms with van der Waals surface area (Å²) < 4.78 is 27.7. The van der Waals surface area contributed by atoms with Gasteiger partial charge in [0.1, 0.15) is 11.6 Å². The van der Waals surface area contributed by atoms with Crippen molar-refractivity contribution in [2.24, 2.45) is 17.8 Å². The molecule has 2 fully saturated rings. The van der Waals surface area contributed by atoms with Crippen LogP contribution in [-0.4, -0.2) is 0 Å². The first-order chi connectivity index (χ1) is 11.1. The summed E-state index contributed by atoms with van der Waals surface area (Å²) in [4.78, 5) is 0. The highest BCUT2D eigenvalue weighted by molar-refractivity contribution is 5.84. The van der Waals surface area contributed by atoms with Crippen molar-refractivity contribution in [3.05, 3.63) is 47.5 Å². The van der Waals surface area contributed by atoms with Crippen LogP contribution in [0.15, 0.2) is 30.3 Å². The van der Waals surface area contributed by atoms with Crippen LogP contribution in [0.25, 0.3) is 10.8 Å². The monoisotopic (exact) mass is 314 g/mol. The first kappa shape index (κ1) is 15.1. The molecule has 2 aromatic rings. The zero-order chi connectivity index (χ0) is 16.0. The molecule has 2 saturated carbocycles. The maximum absolute atomic E-state index is 14.4. The van der Waals surface area contributed by atoms with Crippen LogP contribution < -0.4 is 0 Å². The molecule has 2 aliphatic rings. The fourth-order valence-corrected chi connectivity index (χ4v) is 4.97. The topological polar surface area (TPSA) is 0 Å². The molecule has 0 radical (unpaired) electrons. The molecule has 4 rings (SSSR count). The van der Waals surface area contributed by atoms with E-state index < -0.39 is 0 Å². The second-order valence-electron chi connectivity index (χ2n) is 7.82. The van der Waals surface area contributed by atoms with Gasteiger partial charge in [-0.05, 0) is 84.9 Å². The Morgan fingerprint density at radius 2 is 1.65 bits per heavy atom. The SMILES string of the molecule is CC1CCC2CC(c3cc(F)c4cc(F)ccc4c3)CCC2C1. The Morgan fingerprint density at radius 1 is 0.870 bits per heavy atom. The van der Waals surface area contributed by atoms with E-state index in [0.717, 1.165) is 28.7 Å². The normalized spacial score (nSPS) is 31.1. The molecule has 0 N–H and O–H groups in total. The highest BCUT2D eigenvalue weighted by Gasteiger charge is 2.34. The summed E-state index contributed by atoms with van der Waals surface area (Å²) in [5.74, 6) is 2.39. The Bertz CT molecular complexity index is 721. The van der Waals surface area contributed by atoms with Crippen molar-refractivity contribution in [2.75, 3.05) is 0 Å². The van der Waals surface area contributed by atoms with Gasteiger partial charge in [-0.3, -0.25) is 0 Å². The van der Waals surface area contributed by atoms with Crippen molar-refractivity contribution in [3.8, 4) is 0 Å². The van der Waals surface area contributed by atoms with E-state index in [-0.39, 0.29) is 11.6 Å². The maximum atomic E-state index is 14.4. The van der Waals surface area contributed by atoms with E-state index in [4.69, 9.17) is 0 Å². The van der Waals surface area contributed by atoms with Crippen molar-refractivity contribution in [2.45, 2.75) is 51.4 Å². The zero-order valence-electron chi connectivity index (χ0n) is 13.7. The lowest BCUT2D eigenvalue weighted by molar-refractivity contribution is 0.124. The fraction of sp³-hybridized carbons (Fsp3) is 0.524. The zero-order valence-corrected chi connectivity index (χ0v) is 13.7. The van der Waals surface area contributed by atoms with E-state index in [1.807, 2.05) is 0 Å². The Balaban J connectivity index is 1.61. The molecule has 0 heterocycles. The molecule has 122 valence electrons. The number of fused-ring (bicyclic) bond motifs is 2. The molecular formula is C21H24F2. The van der Waals surface area contributed by atoms with E-state index in [1.54, 1.807) is 12.1 Å². The van der Waals surface area contributed by atoms with Crippen LogP contribution in [0.4, 0.5) is 8.78 Å². The summed E-state index contributed by atoms with van der Waals surface area (Å²) in [5.41, 5.74) is 1.11. The van der Waals surface area contributed by atoms with Gasteiger partial charge in [-0.1, -0.05) is 25.5 Å². The van der Waals surface area contributed by atoms with Crippen LogP contribution >= 0.6 is 0 Å². The number of benzene rings is 2. The maximum Gasteiger partial charge on any atom is 0.131 e. The van der Waals surface area contributed by atoms with Crippen LogP contribution in [0, 0.1) is 29.4 Å². The lowest BCUT2D eigenvalue weighted by Crippen LogP contribution is -2.29. The number of rotatable bonds is 1. The molecular weight excluding hydrogens is 290 g/mol. The third-order valence-corrected chi connectivity index (χ3v) is 6.23. The highest BCUT2D eigenvalue weighted by Crippen LogP contribution is 2.47. The Labute approximate surface area is 136 Å². The summed E-state index contributed by atoms with van der Waals surface area (Å²) in [5, 5.41) is 1.22. The summed E-state index contributed by atoms with van der Waals surface area (Å²) >= 11 is 0. The summed E-state index contributed by atoms with van der Waals surface area (Å²) in [6.45, 7) is 2.38. The predicted molar refractivity (Wildman–Crippen MR) is 90.5 cm³/mol. The van der Waals surface area contributed by atoms with Crippen LogP contribution in [0.3, 0.4) is 0 Å². The molecule has 0 bridgehead atoms. The minimum absolute atomic E-state index is 0.281. The fourth-order valence-electron chi connectivity index (χ4n) is 4.97. The molecule has 2 aliphatic carbocycles. The van der Waals surface area contributed by atoms with E-state index >= 15 is 0 Å². The van der Waals surface area contributed by atoms with Crippen LogP contribution in [0.1, 0.15) is 56.9 Å². The molecule has 0 aliphatic heterocycles.